The molecule has 2 aromatic rings. The molecule has 0 spiro atoms. The van der Waals surface area contributed by atoms with E-state index in [9.17, 15) is 0 Å². The molecule has 0 unspecified atom stereocenters. The maximum atomic E-state index is 5.80. The molecule has 0 fully saturated rings. The first-order chi connectivity index (χ1) is 10.1. The third kappa shape index (κ3) is 4.42. The zero-order valence-corrected chi connectivity index (χ0v) is 12.5. The van der Waals surface area contributed by atoms with Gasteiger partial charge < -0.3 is 16.2 Å². The molecule has 0 radical (unpaired) electrons. The van der Waals surface area contributed by atoms with Gasteiger partial charge in [0.05, 0.1) is 13.2 Å². The van der Waals surface area contributed by atoms with E-state index in [-0.39, 0.29) is 0 Å². The van der Waals surface area contributed by atoms with Crippen molar-refractivity contribution < 1.29 is 4.74 Å². The largest absolute Gasteiger partial charge is 0.399 e. The van der Waals surface area contributed by atoms with Crippen LogP contribution >= 0.6 is 0 Å². The zero-order valence-electron chi connectivity index (χ0n) is 12.5. The molecule has 114 valence electrons. The molecule has 4 N–H and O–H groups in total. The van der Waals surface area contributed by atoms with Crippen LogP contribution in [0.25, 0.3) is 11.4 Å². The normalized spacial score (nSPS) is 11.2. The van der Waals surface area contributed by atoms with E-state index < -0.39 is 0 Å². The Kier molecular flexibility index (Phi) is 5.10. The van der Waals surface area contributed by atoms with Gasteiger partial charge in [-0.3, -0.25) is 0 Å². The number of nitrogens with zero attached hydrogens (tertiary/aromatic N) is 4. The van der Waals surface area contributed by atoms with Crippen LogP contribution in [-0.2, 0) is 11.3 Å². The first-order valence-electron chi connectivity index (χ1n) is 7.06. The predicted molar refractivity (Wildman–Crippen MR) is 82.4 cm³/mol. The van der Waals surface area contributed by atoms with Gasteiger partial charge in [-0.05, 0) is 41.0 Å². The average molecular weight is 290 g/mol. The van der Waals surface area contributed by atoms with E-state index in [2.05, 4.69) is 29.4 Å². The van der Waals surface area contributed by atoms with Crippen molar-refractivity contribution in [1.29, 1.82) is 0 Å². The summed E-state index contributed by atoms with van der Waals surface area (Å²) in [4.78, 5) is 0. The summed E-state index contributed by atoms with van der Waals surface area (Å²) >= 11 is 0. The molecule has 1 aromatic heterocycles. The summed E-state index contributed by atoms with van der Waals surface area (Å²) in [7, 11) is 0. The number of anilines is 2. The van der Waals surface area contributed by atoms with Gasteiger partial charge in [0.25, 0.3) is 0 Å². The van der Waals surface area contributed by atoms with Gasteiger partial charge in [0.15, 0.2) is 5.82 Å². The lowest BCUT2D eigenvalue weighted by Gasteiger charge is -2.08. The molecule has 0 aliphatic heterocycles. The van der Waals surface area contributed by atoms with Crippen molar-refractivity contribution in [3.05, 3.63) is 18.2 Å². The maximum absolute atomic E-state index is 5.80. The summed E-state index contributed by atoms with van der Waals surface area (Å²) in [6.45, 7) is 6.26. The van der Waals surface area contributed by atoms with Gasteiger partial charge in [-0.15, -0.1) is 5.10 Å². The van der Waals surface area contributed by atoms with Crippen molar-refractivity contribution in [3.63, 3.8) is 0 Å². The molecule has 7 nitrogen and oxygen atoms in total. The van der Waals surface area contributed by atoms with Gasteiger partial charge in [0.1, 0.15) is 0 Å². The standard InChI is InChI=1S/C14H22N6O/c1-10(2)3-5-21-6-4-20-14(17-18-19-20)11-7-12(15)9-13(16)8-11/h7-10H,3-6,15-16H2,1-2H3. The van der Waals surface area contributed by atoms with Gasteiger partial charge in [-0.2, -0.15) is 0 Å². The first-order valence-corrected chi connectivity index (χ1v) is 7.06. The van der Waals surface area contributed by atoms with E-state index in [0.717, 1.165) is 18.6 Å². The van der Waals surface area contributed by atoms with E-state index >= 15 is 0 Å². The van der Waals surface area contributed by atoms with Gasteiger partial charge in [0, 0.05) is 23.5 Å². The molecule has 2 rings (SSSR count). The number of nitrogens with two attached hydrogens (primary N) is 2. The fourth-order valence-electron chi connectivity index (χ4n) is 1.94. The number of hydrogen-bond donors (Lipinski definition) is 2. The third-order valence-corrected chi connectivity index (χ3v) is 3.05. The first kappa shape index (κ1) is 15.2. The highest BCUT2D eigenvalue weighted by molar-refractivity contribution is 5.67. The second-order valence-corrected chi connectivity index (χ2v) is 5.41. The van der Waals surface area contributed by atoms with Gasteiger partial charge in [0.2, 0.25) is 0 Å². The summed E-state index contributed by atoms with van der Waals surface area (Å²) < 4.78 is 7.29. The van der Waals surface area contributed by atoms with Crippen LogP contribution in [0, 0.1) is 5.92 Å². The number of nitrogen functional groups attached to an aromatic ring is 2. The molecule has 0 bridgehead atoms. The molecule has 0 saturated heterocycles. The molecule has 0 aliphatic carbocycles. The number of ether oxygens (including phenoxy) is 1. The molecule has 0 aliphatic rings. The summed E-state index contributed by atoms with van der Waals surface area (Å²) in [5.41, 5.74) is 13.6. The monoisotopic (exact) mass is 290 g/mol. The summed E-state index contributed by atoms with van der Waals surface area (Å²) in [5, 5.41) is 11.7. The molecule has 7 heteroatoms. The number of aromatic nitrogens is 4. The van der Waals surface area contributed by atoms with Crippen LogP contribution in [0.5, 0.6) is 0 Å². The summed E-state index contributed by atoms with van der Waals surface area (Å²) in [6.07, 6.45) is 1.05. The molecule has 0 atom stereocenters. The maximum Gasteiger partial charge on any atom is 0.182 e. The Balaban J connectivity index is 1.98. The topological polar surface area (TPSA) is 105 Å². The summed E-state index contributed by atoms with van der Waals surface area (Å²) in [5.74, 6) is 1.28. The average Bonchev–Trinajstić information content (AvgIpc) is 2.85. The fourth-order valence-corrected chi connectivity index (χ4v) is 1.94. The highest BCUT2D eigenvalue weighted by atomic mass is 16.5. The second-order valence-electron chi connectivity index (χ2n) is 5.41. The number of hydrogen-bond acceptors (Lipinski definition) is 6. The van der Waals surface area contributed by atoms with E-state index in [1.807, 2.05) is 0 Å². The Labute approximate surface area is 124 Å². The smallest absolute Gasteiger partial charge is 0.182 e. The minimum Gasteiger partial charge on any atom is -0.399 e. The van der Waals surface area contributed by atoms with Gasteiger partial charge in [-0.1, -0.05) is 13.8 Å². The molecular weight excluding hydrogens is 268 g/mol. The van der Waals surface area contributed by atoms with Crippen LogP contribution in [0.2, 0.25) is 0 Å². The number of tetrazole rings is 1. The second kappa shape index (κ2) is 7.03. The fraction of sp³-hybridized carbons (Fsp3) is 0.500. The van der Waals surface area contributed by atoms with E-state index in [1.165, 1.54) is 0 Å². The molecule has 0 amide bonds. The van der Waals surface area contributed by atoms with Crippen molar-refractivity contribution in [2.75, 3.05) is 24.7 Å². The number of rotatable bonds is 7. The molecule has 0 saturated carbocycles. The van der Waals surface area contributed by atoms with Crippen molar-refractivity contribution in [3.8, 4) is 11.4 Å². The van der Waals surface area contributed by atoms with E-state index in [1.54, 1.807) is 22.9 Å². The molecule has 1 heterocycles. The quantitative estimate of drug-likeness (QED) is 0.592. The Morgan fingerprint density at radius 3 is 2.52 bits per heavy atom. The highest BCUT2D eigenvalue weighted by Gasteiger charge is 2.10. The van der Waals surface area contributed by atoms with E-state index in [4.69, 9.17) is 16.2 Å². The third-order valence-electron chi connectivity index (χ3n) is 3.05. The summed E-state index contributed by atoms with van der Waals surface area (Å²) in [6, 6.07) is 5.31. The zero-order chi connectivity index (χ0) is 15.2. The Hall–Kier alpha value is -2.15. The van der Waals surface area contributed by atoms with Crippen LogP contribution < -0.4 is 11.5 Å². The highest BCUT2D eigenvalue weighted by Crippen LogP contribution is 2.22. The lowest BCUT2D eigenvalue weighted by molar-refractivity contribution is 0.114. The van der Waals surface area contributed by atoms with Crippen molar-refractivity contribution in [2.24, 2.45) is 5.92 Å². The van der Waals surface area contributed by atoms with Crippen LogP contribution in [0.3, 0.4) is 0 Å². The van der Waals surface area contributed by atoms with Crippen molar-refractivity contribution in [1.82, 2.24) is 20.2 Å². The van der Waals surface area contributed by atoms with Crippen LogP contribution in [-0.4, -0.2) is 33.4 Å². The Morgan fingerprint density at radius 1 is 1.14 bits per heavy atom. The van der Waals surface area contributed by atoms with Gasteiger partial charge >= 0.3 is 0 Å². The van der Waals surface area contributed by atoms with Crippen LogP contribution in [0.4, 0.5) is 11.4 Å². The molecule has 21 heavy (non-hydrogen) atoms. The SMILES string of the molecule is CC(C)CCOCCn1nnnc1-c1cc(N)cc(N)c1. The minimum atomic E-state index is 0.572. The van der Waals surface area contributed by atoms with Crippen molar-refractivity contribution in [2.45, 2.75) is 26.8 Å². The lowest BCUT2D eigenvalue weighted by atomic mass is 10.1. The number of benzene rings is 1. The Bertz CT molecular complexity index is 560. The lowest BCUT2D eigenvalue weighted by Crippen LogP contribution is -2.10. The predicted octanol–water partition coefficient (Wildman–Crippen LogP) is 1.57. The van der Waals surface area contributed by atoms with Gasteiger partial charge in [-0.25, -0.2) is 4.68 Å². The van der Waals surface area contributed by atoms with Crippen molar-refractivity contribution >= 4 is 11.4 Å². The van der Waals surface area contributed by atoms with Crippen LogP contribution in [0.1, 0.15) is 20.3 Å². The molecule has 1 aromatic carbocycles. The Morgan fingerprint density at radius 2 is 1.86 bits per heavy atom. The minimum absolute atomic E-state index is 0.572. The van der Waals surface area contributed by atoms with Crippen LogP contribution in [0.15, 0.2) is 18.2 Å². The molecular formula is C14H22N6O. The van der Waals surface area contributed by atoms with E-state index in [0.29, 0.717) is 36.3 Å².